The minimum atomic E-state index is -0.269. The van der Waals surface area contributed by atoms with Crippen molar-refractivity contribution >= 4 is 45.4 Å². The molecule has 4 aromatic heterocycles. The summed E-state index contributed by atoms with van der Waals surface area (Å²) in [4.78, 5) is 35.4. The van der Waals surface area contributed by atoms with Crippen molar-refractivity contribution in [3.63, 3.8) is 0 Å². The number of fused-ring (bicyclic) bond motifs is 1. The molecule has 0 atom stereocenters. The van der Waals surface area contributed by atoms with E-state index in [4.69, 9.17) is 23.2 Å². The number of aryl methyl sites for hydroxylation is 2. The van der Waals surface area contributed by atoms with E-state index in [0.29, 0.717) is 44.2 Å². The molecule has 8 nitrogen and oxygen atoms in total. The van der Waals surface area contributed by atoms with E-state index in [1.165, 1.54) is 15.7 Å². The number of carbonyl (C=O) groups is 1. The van der Waals surface area contributed by atoms with Crippen LogP contribution in [0.4, 0.5) is 0 Å². The van der Waals surface area contributed by atoms with E-state index < -0.39 is 0 Å². The van der Waals surface area contributed by atoms with Crippen molar-refractivity contribution < 1.29 is 4.79 Å². The normalized spacial score (nSPS) is 11.2. The van der Waals surface area contributed by atoms with Gasteiger partial charge in [-0.2, -0.15) is 5.10 Å². The number of halogens is 2. The summed E-state index contributed by atoms with van der Waals surface area (Å²) < 4.78 is 3.19. The summed E-state index contributed by atoms with van der Waals surface area (Å²) in [7, 11) is 0. The molecule has 0 unspecified atom stereocenters. The van der Waals surface area contributed by atoms with Gasteiger partial charge in [0.05, 0.1) is 33.4 Å². The molecule has 0 radical (unpaired) electrons. The van der Waals surface area contributed by atoms with Crippen LogP contribution in [0.3, 0.4) is 0 Å². The molecule has 1 N–H and O–H groups in total. The van der Waals surface area contributed by atoms with Gasteiger partial charge in [0.15, 0.2) is 4.96 Å². The highest BCUT2D eigenvalue weighted by Gasteiger charge is 2.20. The average molecular weight is 539 g/mol. The molecule has 11 heteroatoms. The number of amides is 1. The Labute approximate surface area is 220 Å². The van der Waals surface area contributed by atoms with Crippen LogP contribution in [0.25, 0.3) is 21.9 Å². The number of rotatable bonds is 6. The van der Waals surface area contributed by atoms with Crippen LogP contribution in [0.15, 0.2) is 59.0 Å². The van der Waals surface area contributed by atoms with E-state index in [2.05, 4.69) is 20.4 Å². The van der Waals surface area contributed by atoms with Crippen molar-refractivity contribution in [2.24, 2.45) is 0 Å². The Morgan fingerprint density at radius 2 is 1.86 bits per heavy atom. The van der Waals surface area contributed by atoms with Crippen LogP contribution in [0.5, 0.6) is 0 Å². The number of aromatic nitrogens is 5. The fourth-order valence-electron chi connectivity index (χ4n) is 3.93. The highest BCUT2D eigenvalue weighted by molar-refractivity contribution is 7.15. The van der Waals surface area contributed by atoms with E-state index in [9.17, 15) is 9.59 Å². The molecule has 0 fully saturated rings. The number of benzene rings is 1. The first-order valence-electron chi connectivity index (χ1n) is 11.0. The standard InChI is InChI=1S/C25H20Cl2N6O2S/c1-14-9-21(31-33(14)17-3-4-19(26)20(27)10-17)23-15(2)30-25-32(24(23)35)18(13-36-25)11-22(34)29-12-16-5-7-28-8-6-16/h3-10,13H,11-12H2,1-2H3,(H,29,34). The smallest absolute Gasteiger partial charge is 0.268 e. The largest absolute Gasteiger partial charge is 0.352 e. The van der Waals surface area contributed by atoms with Crippen molar-refractivity contribution in [1.29, 1.82) is 0 Å². The van der Waals surface area contributed by atoms with Gasteiger partial charge in [0, 0.05) is 35.7 Å². The maximum absolute atomic E-state index is 13.7. The second kappa shape index (κ2) is 9.85. The van der Waals surface area contributed by atoms with Crippen LogP contribution < -0.4 is 10.9 Å². The predicted molar refractivity (Wildman–Crippen MR) is 141 cm³/mol. The molecule has 0 saturated carbocycles. The molecule has 0 aliphatic heterocycles. The molecule has 0 saturated heterocycles. The van der Waals surface area contributed by atoms with Crippen LogP contribution in [0, 0.1) is 13.8 Å². The van der Waals surface area contributed by atoms with Gasteiger partial charge in [-0.3, -0.25) is 19.0 Å². The van der Waals surface area contributed by atoms with Gasteiger partial charge < -0.3 is 5.32 Å². The van der Waals surface area contributed by atoms with Crippen molar-refractivity contribution in [2.75, 3.05) is 0 Å². The molecule has 0 aliphatic carbocycles. The maximum Gasteiger partial charge on any atom is 0.268 e. The fourth-order valence-corrected chi connectivity index (χ4v) is 5.15. The van der Waals surface area contributed by atoms with E-state index in [1.54, 1.807) is 47.6 Å². The lowest BCUT2D eigenvalue weighted by Gasteiger charge is -2.07. The third-order valence-electron chi connectivity index (χ3n) is 5.69. The molecule has 4 heterocycles. The Bertz CT molecular complexity index is 1660. The molecule has 5 rings (SSSR count). The molecule has 1 aromatic carbocycles. The third kappa shape index (κ3) is 4.65. The van der Waals surface area contributed by atoms with Crippen molar-refractivity contribution in [2.45, 2.75) is 26.8 Å². The Kier molecular flexibility index (Phi) is 6.61. The Morgan fingerprint density at radius 1 is 1.08 bits per heavy atom. The molecular formula is C25H20Cl2N6O2S. The first-order valence-corrected chi connectivity index (χ1v) is 12.6. The van der Waals surface area contributed by atoms with Gasteiger partial charge in [0.1, 0.15) is 5.69 Å². The summed E-state index contributed by atoms with van der Waals surface area (Å²) in [6.07, 6.45) is 3.40. The summed E-state index contributed by atoms with van der Waals surface area (Å²) in [5, 5.41) is 10.2. The third-order valence-corrected chi connectivity index (χ3v) is 7.31. The quantitative estimate of drug-likeness (QED) is 0.335. The molecule has 5 aromatic rings. The topological polar surface area (TPSA) is 94.2 Å². The van der Waals surface area contributed by atoms with Gasteiger partial charge in [-0.05, 0) is 55.8 Å². The second-order valence-corrected chi connectivity index (χ2v) is 9.86. The molecular weight excluding hydrogens is 519 g/mol. The van der Waals surface area contributed by atoms with Gasteiger partial charge in [-0.1, -0.05) is 23.2 Å². The Morgan fingerprint density at radius 3 is 2.61 bits per heavy atom. The van der Waals surface area contributed by atoms with Crippen molar-refractivity contribution in [3.05, 3.63) is 97.2 Å². The van der Waals surface area contributed by atoms with Crippen LogP contribution in [-0.4, -0.2) is 30.1 Å². The molecule has 36 heavy (non-hydrogen) atoms. The second-order valence-electron chi connectivity index (χ2n) is 8.21. The first-order chi connectivity index (χ1) is 17.3. The minimum Gasteiger partial charge on any atom is -0.352 e. The summed E-state index contributed by atoms with van der Waals surface area (Å²) in [5.74, 6) is -0.194. The van der Waals surface area contributed by atoms with E-state index in [0.717, 1.165) is 16.9 Å². The Hall–Kier alpha value is -3.53. The van der Waals surface area contributed by atoms with E-state index in [1.807, 2.05) is 25.1 Å². The SMILES string of the molecule is Cc1nc2scc(CC(=O)NCc3ccncc3)n2c(=O)c1-c1cc(C)n(-c2ccc(Cl)c(Cl)c2)n1. The number of nitrogens with zero attached hydrogens (tertiary/aromatic N) is 5. The van der Waals surface area contributed by atoms with Crippen LogP contribution >= 0.6 is 34.5 Å². The van der Waals surface area contributed by atoms with Crippen molar-refractivity contribution in [3.8, 4) is 16.9 Å². The lowest BCUT2D eigenvalue weighted by molar-refractivity contribution is -0.120. The molecule has 1 amide bonds. The van der Waals surface area contributed by atoms with Gasteiger partial charge in [0.2, 0.25) is 5.91 Å². The molecule has 0 bridgehead atoms. The number of nitrogens with one attached hydrogen (secondary N) is 1. The van der Waals surface area contributed by atoms with Gasteiger partial charge in [-0.15, -0.1) is 11.3 Å². The summed E-state index contributed by atoms with van der Waals surface area (Å²) >= 11 is 13.6. The fraction of sp³-hybridized carbons (Fsp3) is 0.160. The summed E-state index contributed by atoms with van der Waals surface area (Å²) in [5.41, 5.74) is 4.22. The first kappa shape index (κ1) is 24.2. The monoisotopic (exact) mass is 538 g/mol. The number of pyridine rings is 1. The zero-order valence-electron chi connectivity index (χ0n) is 19.3. The Balaban J connectivity index is 1.48. The number of carbonyl (C=O) groups excluding carboxylic acids is 1. The average Bonchev–Trinajstić information content (AvgIpc) is 3.43. The maximum atomic E-state index is 13.7. The van der Waals surface area contributed by atoms with E-state index >= 15 is 0 Å². The molecule has 0 spiro atoms. The molecule has 182 valence electrons. The number of thiazole rings is 1. The summed E-state index contributed by atoms with van der Waals surface area (Å²) in [6, 6.07) is 10.7. The van der Waals surface area contributed by atoms with Gasteiger partial charge in [0.25, 0.3) is 5.56 Å². The highest BCUT2D eigenvalue weighted by Crippen LogP contribution is 2.27. The zero-order valence-corrected chi connectivity index (χ0v) is 21.7. The minimum absolute atomic E-state index is 0.0475. The summed E-state index contributed by atoms with van der Waals surface area (Å²) in [6.45, 7) is 4.05. The van der Waals surface area contributed by atoms with Gasteiger partial charge >= 0.3 is 0 Å². The molecule has 0 aliphatic rings. The van der Waals surface area contributed by atoms with Crippen molar-refractivity contribution in [1.82, 2.24) is 29.5 Å². The highest BCUT2D eigenvalue weighted by atomic mass is 35.5. The lowest BCUT2D eigenvalue weighted by Crippen LogP contribution is -2.27. The number of hydrogen-bond acceptors (Lipinski definition) is 6. The zero-order chi connectivity index (χ0) is 25.4. The van der Waals surface area contributed by atoms with Crippen LogP contribution in [0.1, 0.15) is 22.6 Å². The van der Waals surface area contributed by atoms with Crippen LogP contribution in [-0.2, 0) is 17.8 Å². The number of hydrogen-bond donors (Lipinski definition) is 1. The van der Waals surface area contributed by atoms with Gasteiger partial charge in [-0.25, -0.2) is 9.67 Å². The lowest BCUT2D eigenvalue weighted by atomic mass is 10.1. The van der Waals surface area contributed by atoms with E-state index in [-0.39, 0.29) is 17.9 Å². The predicted octanol–water partition coefficient (Wildman–Crippen LogP) is 4.79. The van der Waals surface area contributed by atoms with Crippen LogP contribution in [0.2, 0.25) is 10.0 Å².